The number of nitro groups is 1. The Kier molecular flexibility index (Phi) is 5.86. The van der Waals surface area contributed by atoms with Crippen LogP contribution in [-0.2, 0) is 10.0 Å². The Labute approximate surface area is 193 Å². The maximum Gasteiger partial charge on any atom is 0.336 e. The van der Waals surface area contributed by atoms with Crippen molar-refractivity contribution >= 4 is 44.0 Å². The molecule has 4 rings (SSSR count). The lowest BCUT2D eigenvalue weighted by Crippen LogP contribution is -2.14. The number of fused-ring (bicyclic) bond motifs is 1. The molecular formula is C23H17N3O7S. The number of nitrogens with one attached hydrogen (secondary N) is 2. The lowest BCUT2D eigenvalue weighted by Gasteiger charge is -2.10. The summed E-state index contributed by atoms with van der Waals surface area (Å²) >= 11 is 0. The van der Waals surface area contributed by atoms with Gasteiger partial charge in [-0.1, -0.05) is 6.07 Å². The first-order valence-electron chi connectivity index (χ1n) is 9.85. The quantitative estimate of drug-likeness (QED) is 0.241. The van der Waals surface area contributed by atoms with E-state index in [2.05, 4.69) is 10.0 Å². The Morgan fingerprint density at radius 3 is 2.35 bits per heavy atom. The Bertz CT molecular complexity index is 1590. The summed E-state index contributed by atoms with van der Waals surface area (Å²) in [4.78, 5) is 34.1. The van der Waals surface area contributed by atoms with Crippen LogP contribution < -0.4 is 15.7 Å². The Balaban J connectivity index is 1.49. The van der Waals surface area contributed by atoms with Gasteiger partial charge in [-0.15, -0.1) is 0 Å². The second kappa shape index (κ2) is 8.79. The number of nitrogens with zero attached hydrogens (tertiary/aromatic N) is 1. The lowest BCUT2D eigenvalue weighted by molar-refractivity contribution is -0.385. The average Bonchev–Trinajstić information content (AvgIpc) is 2.79. The van der Waals surface area contributed by atoms with Crippen molar-refractivity contribution in [3.05, 3.63) is 104 Å². The molecule has 3 aromatic carbocycles. The van der Waals surface area contributed by atoms with Crippen LogP contribution in [0.1, 0.15) is 15.9 Å². The predicted octanol–water partition coefficient (Wildman–Crippen LogP) is 4.06. The Morgan fingerprint density at radius 1 is 0.941 bits per heavy atom. The van der Waals surface area contributed by atoms with Crippen LogP contribution in [0.15, 0.2) is 86.9 Å². The van der Waals surface area contributed by atoms with Gasteiger partial charge in [-0.2, -0.15) is 0 Å². The fourth-order valence-corrected chi connectivity index (χ4v) is 4.29. The molecule has 34 heavy (non-hydrogen) atoms. The van der Waals surface area contributed by atoms with Crippen LogP contribution >= 0.6 is 0 Å². The molecule has 0 aliphatic carbocycles. The van der Waals surface area contributed by atoms with E-state index in [0.29, 0.717) is 22.2 Å². The molecule has 0 fully saturated rings. The first kappa shape index (κ1) is 22.7. The number of carbonyl (C=O) groups excluding carboxylic acids is 1. The molecule has 1 aromatic heterocycles. The van der Waals surface area contributed by atoms with Crippen molar-refractivity contribution in [3.8, 4) is 0 Å². The van der Waals surface area contributed by atoms with Crippen LogP contribution in [0, 0.1) is 17.0 Å². The third-order valence-corrected chi connectivity index (χ3v) is 6.34. The first-order valence-corrected chi connectivity index (χ1v) is 11.3. The summed E-state index contributed by atoms with van der Waals surface area (Å²) in [6, 6.07) is 17.0. The highest BCUT2D eigenvalue weighted by Gasteiger charge is 2.20. The van der Waals surface area contributed by atoms with Crippen molar-refractivity contribution in [2.45, 2.75) is 11.8 Å². The topological polar surface area (TPSA) is 149 Å². The average molecular weight is 479 g/mol. The number of hydrogen-bond acceptors (Lipinski definition) is 7. The molecule has 0 bridgehead atoms. The van der Waals surface area contributed by atoms with Crippen molar-refractivity contribution in [3.63, 3.8) is 0 Å². The zero-order chi connectivity index (χ0) is 24.5. The monoisotopic (exact) mass is 479 g/mol. The molecule has 4 aromatic rings. The number of sulfonamides is 1. The molecule has 2 N–H and O–H groups in total. The maximum absolute atomic E-state index is 12.6. The largest absolute Gasteiger partial charge is 0.423 e. The van der Waals surface area contributed by atoms with E-state index < -0.39 is 26.5 Å². The molecule has 10 nitrogen and oxygen atoms in total. The van der Waals surface area contributed by atoms with Gasteiger partial charge in [0.2, 0.25) is 0 Å². The van der Waals surface area contributed by atoms with Gasteiger partial charge in [-0.3, -0.25) is 19.6 Å². The number of rotatable bonds is 6. The molecule has 1 heterocycles. The predicted molar refractivity (Wildman–Crippen MR) is 126 cm³/mol. The smallest absolute Gasteiger partial charge is 0.336 e. The number of aryl methyl sites for hydroxylation is 1. The third-order valence-electron chi connectivity index (χ3n) is 4.96. The van der Waals surface area contributed by atoms with Gasteiger partial charge in [-0.05, 0) is 61.5 Å². The van der Waals surface area contributed by atoms with E-state index in [1.54, 1.807) is 24.3 Å². The van der Waals surface area contributed by atoms with Crippen molar-refractivity contribution in [2.75, 3.05) is 10.0 Å². The van der Waals surface area contributed by atoms with Gasteiger partial charge in [0.25, 0.3) is 21.6 Å². The molecule has 0 saturated heterocycles. The van der Waals surface area contributed by atoms with E-state index in [0.717, 1.165) is 6.07 Å². The minimum absolute atomic E-state index is 0.181. The van der Waals surface area contributed by atoms with Crippen LogP contribution in [0.5, 0.6) is 0 Å². The molecule has 0 unspecified atom stereocenters. The standard InChI is InChI=1S/C23H17N3O7S/c1-14-2-9-19(13-20(14)26(29)30)34(31,32)25-17-6-3-15(4-7-17)23(28)24-18-8-10-21-16(12-18)5-11-22(27)33-21/h2-13,25H,1H3,(H,24,28). The van der Waals surface area contributed by atoms with Gasteiger partial charge < -0.3 is 9.73 Å². The summed E-state index contributed by atoms with van der Waals surface area (Å²) in [5.74, 6) is -0.430. The van der Waals surface area contributed by atoms with E-state index in [1.165, 1.54) is 49.4 Å². The Morgan fingerprint density at radius 2 is 1.65 bits per heavy atom. The third kappa shape index (κ3) is 4.79. The second-order valence-corrected chi connectivity index (χ2v) is 9.03. The molecular weight excluding hydrogens is 462 g/mol. The zero-order valence-corrected chi connectivity index (χ0v) is 18.5. The summed E-state index contributed by atoms with van der Waals surface area (Å²) in [5, 5.41) is 14.5. The Hall–Kier alpha value is -4.51. The van der Waals surface area contributed by atoms with Crippen LogP contribution in [0.3, 0.4) is 0 Å². The normalized spacial score (nSPS) is 11.2. The molecule has 0 aliphatic rings. The van der Waals surface area contributed by atoms with Gasteiger partial charge in [0.15, 0.2) is 0 Å². The van der Waals surface area contributed by atoms with E-state index in [1.807, 2.05) is 0 Å². The first-order chi connectivity index (χ1) is 16.1. The summed E-state index contributed by atoms with van der Waals surface area (Å²) in [6.45, 7) is 1.52. The lowest BCUT2D eigenvalue weighted by atomic mass is 10.1. The highest BCUT2D eigenvalue weighted by Crippen LogP contribution is 2.24. The van der Waals surface area contributed by atoms with Crippen molar-refractivity contribution in [1.29, 1.82) is 0 Å². The molecule has 1 amide bonds. The van der Waals surface area contributed by atoms with Gasteiger partial charge in [0.1, 0.15) is 5.58 Å². The molecule has 172 valence electrons. The summed E-state index contributed by atoms with van der Waals surface area (Å²) in [6.07, 6.45) is 0. The van der Waals surface area contributed by atoms with Crippen molar-refractivity contribution in [2.24, 2.45) is 0 Å². The number of nitro benzene ring substituents is 1. The minimum Gasteiger partial charge on any atom is -0.423 e. The second-order valence-electron chi connectivity index (χ2n) is 7.35. The summed E-state index contributed by atoms with van der Waals surface area (Å²) in [7, 11) is -4.08. The number of carbonyl (C=O) groups is 1. The number of benzene rings is 3. The molecule has 0 radical (unpaired) electrons. The van der Waals surface area contributed by atoms with Gasteiger partial charge >= 0.3 is 5.63 Å². The number of amides is 1. The molecule has 0 aliphatic heterocycles. The van der Waals surface area contributed by atoms with Gasteiger partial charge in [0.05, 0.1) is 9.82 Å². The molecule has 0 spiro atoms. The van der Waals surface area contributed by atoms with Crippen LogP contribution in [0.2, 0.25) is 0 Å². The molecule has 11 heteroatoms. The van der Waals surface area contributed by atoms with Crippen LogP contribution in [-0.4, -0.2) is 19.2 Å². The van der Waals surface area contributed by atoms with E-state index in [4.69, 9.17) is 4.42 Å². The highest BCUT2D eigenvalue weighted by atomic mass is 32.2. The molecule has 0 atom stereocenters. The summed E-state index contributed by atoms with van der Waals surface area (Å²) < 4.78 is 32.7. The van der Waals surface area contributed by atoms with Crippen molar-refractivity contribution < 1.29 is 22.6 Å². The minimum atomic E-state index is -4.08. The summed E-state index contributed by atoms with van der Waals surface area (Å²) in [5.41, 5.74) is 0.897. The van der Waals surface area contributed by atoms with Crippen molar-refractivity contribution in [1.82, 2.24) is 0 Å². The fraction of sp³-hybridized carbons (Fsp3) is 0.0435. The van der Waals surface area contributed by atoms with Gasteiger partial charge in [0, 0.05) is 40.0 Å². The number of hydrogen-bond donors (Lipinski definition) is 2. The highest BCUT2D eigenvalue weighted by molar-refractivity contribution is 7.92. The maximum atomic E-state index is 12.6. The van der Waals surface area contributed by atoms with Gasteiger partial charge in [-0.25, -0.2) is 13.2 Å². The van der Waals surface area contributed by atoms with Crippen LogP contribution in [0.4, 0.5) is 17.1 Å². The van der Waals surface area contributed by atoms with E-state index >= 15 is 0 Å². The van der Waals surface area contributed by atoms with E-state index in [9.17, 15) is 28.1 Å². The fourth-order valence-electron chi connectivity index (χ4n) is 3.21. The van der Waals surface area contributed by atoms with Crippen LogP contribution in [0.25, 0.3) is 11.0 Å². The van der Waals surface area contributed by atoms with E-state index in [-0.39, 0.29) is 21.8 Å². The zero-order valence-electron chi connectivity index (χ0n) is 17.6. The SMILES string of the molecule is Cc1ccc(S(=O)(=O)Nc2ccc(C(=O)Nc3ccc4oc(=O)ccc4c3)cc2)cc1[N+](=O)[O-]. The molecule has 0 saturated carbocycles. The number of anilines is 2.